The molecule has 0 spiro atoms. The molecule has 0 heterocycles. The summed E-state index contributed by atoms with van der Waals surface area (Å²) in [6.07, 6.45) is -1.55. The van der Waals surface area contributed by atoms with Crippen LogP contribution in [0.2, 0.25) is 0 Å². The molecule has 0 saturated carbocycles. The summed E-state index contributed by atoms with van der Waals surface area (Å²) in [5.41, 5.74) is 0. The summed E-state index contributed by atoms with van der Waals surface area (Å²) < 4.78 is 24.3. The lowest BCUT2D eigenvalue weighted by molar-refractivity contribution is -0.489. The number of rotatable bonds is 8. The molecular weight excluding hydrogens is 331 g/mol. The molecule has 0 bridgehead atoms. The van der Waals surface area contributed by atoms with Gasteiger partial charge in [0.05, 0.1) is 13.2 Å². The first-order valence-corrected chi connectivity index (χ1v) is 7.50. The van der Waals surface area contributed by atoms with Gasteiger partial charge in [-0.25, -0.2) is 4.57 Å². The molecule has 0 radical (unpaired) electrons. The van der Waals surface area contributed by atoms with Crippen molar-refractivity contribution in [3.63, 3.8) is 0 Å². The van der Waals surface area contributed by atoms with E-state index < -0.39 is 29.2 Å². The predicted molar refractivity (Wildman–Crippen MR) is 67.9 cm³/mol. The van der Waals surface area contributed by atoms with Crippen molar-refractivity contribution < 1.29 is 23.1 Å². The predicted octanol–water partition coefficient (Wildman–Crippen LogP) is 3.20. The molecule has 0 fully saturated rings. The topological polar surface area (TPSA) is 87.9 Å². The van der Waals surface area contributed by atoms with E-state index in [2.05, 4.69) is 0 Å². The molecule has 1 atom stereocenters. The molecule has 0 aliphatic rings. The standard InChI is InChI=1S/C7H13Cl3NO6P/c1-3-15-18(14,16-4-2)17-6(5-11(12)13)7(8,9)10/h6H,3-5H2,1-2H3/t6-/m0/s1. The zero-order valence-electron chi connectivity index (χ0n) is 9.68. The molecule has 0 aliphatic heterocycles. The summed E-state index contributed by atoms with van der Waals surface area (Å²) in [6.45, 7) is 2.28. The van der Waals surface area contributed by atoms with Crippen molar-refractivity contribution in [3.05, 3.63) is 10.1 Å². The number of alkyl halides is 3. The number of nitro groups is 1. The SMILES string of the molecule is CCOP(=O)(OCC)O[C@@H](C[N+](=O)[O-])C(Cl)(Cl)Cl. The number of hydrogen-bond donors (Lipinski definition) is 0. The lowest BCUT2D eigenvalue weighted by Gasteiger charge is -2.25. The summed E-state index contributed by atoms with van der Waals surface area (Å²) >= 11 is 16.6. The van der Waals surface area contributed by atoms with Crippen molar-refractivity contribution in [3.8, 4) is 0 Å². The normalized spacial score (nSPS) is 14.5. The van der Waals surface area contributed by atoms with Crippen LogP contribution in [0.4, 0.5) is 0 Å². The second kappa shape index (κ2) is 7.85. The van der Waals surface area contributed by atoms with Crippen LogP contribution < -0.4 is 0 Å². The highest BCUT2D eigenvalue weighted by molar-refractivity contribution is 7.48. The number of phosphoric acid groups is 1. The molecule has 0 unspecified atom stereocenters. The van der Waals surface area contributed by atoms with Crippen LogP contribution in [0.3, 0.4) is 0 Å². The number of phosphoric ester groups is 1. The van der Waals surface area contributed by atoms with E-state index >= 15 is 0 Å². The van der Waals surface area contributed by atoms with Crippen molar-refractivity contribution in [1.29, 1.82) is 0 Å². The maximum atomic E-state index is 12.0. The molecule has 0 aromatic rings. The largest absolute Gasteiger partial charge is 0.475 e. The molecule has 0 aromatic carbocycles. The third kappa shape index (κ3) is 7.09. The van der Waals surface area contributed by atoms with Gasteiger partial charge < -0.3 is 0 Å². The fraction of sp³-hybridized carbons (Fsp3) is 1.00. The smallest absolute Gasteiger partial charge is 0.287 e. The van der Waals surface area contributed by atoms with Crippen molar-refractivity contribution in [2.45, 2.75) is 23.7 Å². The fourth-order valence-corrected chi connectivity index (χ4v) is 2.79. The van der Waals surface area contributed by atoms with Gasteiger partial charge in [-0.1, -0.05) is 34.8 Å². The van der Waals surface area contributed by atoms with E-state index in [0.29, 0.717) is 0 Å². The van der Waals surface area contributed by atoms with Crippen molar-refractivity contribution >= 4 is 42.6 Å². The Balaban J connectivity index is 4.91. The fourth-order valence-electron chi connectivity index (χ4n) is 0.902. The van der Waals surface area contributed by atoms with E-state index in [4.69, 9.17) is 48.4 Å². The second-order valence-corrected chi connectivity index (χ2v) is 6.92. The van der Waals surface area contributed by atoms with Crippen LogP contribution in [0, 0.1) is 10.1 Å². The third-order valence-electron chi connectivity index (χ3n) is 1.51. The summed E-state index contributed by atoms with van der Waals surface area (Å²) in [7, 11) is -3.99. The lowest BCUT2D eigenvalue weighted by Crippen LogP contribution is -2.35. The van der Waals surface area contributed by atoms with Crippen molar-refractivity contribution in [2.24, 2.45) is 0 Å². The van der Waals surface area contributed by atoms with Gasteiger partial charge in [0, 0.05) is 4.92 Å². The van der Waals surface area contributed by atoms with E-state index in [1.807, 2.05) is 0 Å². The average molecular weight is 345 g/mol. The quantitative estimate of drug-likeness (QED) is 0.291. The van der Waals surface area contributed by atoms with Crippen LogP contribution in [0.15, 0.2) is 0 Å². The van der Waals surface area contributed by atoms with Gasteiger partial charge >= 0.3 is 7.82 Å². The molecule has 0 N–H and O–H groups in total. The van der Waals surface area contributed by atoms with Gasteiger partial charge in [-0.15, -0.1) is 0 Å². The summed E-state index contributed by atoms with van der Waals surface area (Å²) in [4.78, 5) is 9.68. The van der Waals surface area contributed by atoms with Gasteiger partial charge in [0.2, 0.25) is 10.3 Å². The zero-order chi connectivity index (χ0) is 14.4. The van der Waals surface area contributed by atoms with E-state index in [0.717, 1.165) is 0 Å². The van der Waals surface area contributed by atoms with Crippen molar-refractivity contribution in [1.82, 2.24) is 0 Å². The Morgan fingerprint density at radius 1 is 1.28 bits per heavy atom. The van der Waals surface area contributed by atoms with Crippen LogP contribution in [0.1, 0.15) is 13.8 Å². The van der Waals surface area contributed by atoms with Crippen LogP contribution in [-0.4, -0.2) is 34.6 Å². The van der Waals surface area contributed by atoms with Crippen LogP contribution >= 0.6 is 42.6 Å². The Morgan fingerprint density at radius 3 is 2.00 bits per heavy atom. The van der Waals surface area contributed by atoms with Gasteiger partial charge in [-0.05, 0) is 13.8 Å². The maximum Gasteiger partial charge on any atom is 0.475 e. The van der Waals surface area contributed by atoms with Crippen LogP contribution in [-0.2, 0) is 18.1 Å². The average Bonchev–Trinajstić information content (AvgIpc) is 2.14. The van der Waals surface area contributed by atoms with Gasteiger partial charge in [0.1, 0.15) is 0 Å². The molecule has 11 heteroatoms. The summed E-state index contributed by atoms with van der Waals surface area (Å²) in [5.74, 6) is 0. The second-order valence-electron chi connectivity index (χ2n) is 2.93. The molecule has 108 valence electrons. The number of nitrogens with zero attached hydrogens (tertiary/aromatic N) is 1. The highest BCUT2D eigenvalue weighted by Crippen LogP contribution is 2.53. The number of hydrogen-bond acceptors (Lipinski definition) is 6. The summed E-state index contributed by atoms with van der Waals surface area (Å²) in [5, 5.41) is 10.4. The molecule has 0 aliphatic carbocycles. The number of halogens is 3. The van der Waals surface area contributed by atoms with Crippen LogP contribution in [0.5, 0.6) is 0 Å². The first-order chi connectivity index (χ1) is 8.14. The van der Waals surface area contributed by atoms with Crippen molar-refractivity contribution in [2.75, 3.05) is 19.8 Å². The Kier molecular flexibility index (Phi) is 8.01. The minimum absolute atomic E-state index is 0.0162. The Morgan fingerprint density at radius 2 is 1.72 bits per heavy atom. The Labute approximate surface area is 119 Å². The van der Waals surface area contributed by atoms with Gasteiger partial charge in [-0.3, -0.25) is 23.7 Å². The molecule has 0 amide bonds. The Hall–Kier alpha value is 0.380. The van der Waals surface area contributed by atoms with Gasteiger partial charge in [0.25, 0.3) is 0 Å². The van der Waals surface area contributed by atoms with E-state index in [1.165, 1.54) is 0 Å². The van der Waals surface area contributed by atoms with E-state index in [-0.39, 0.29) is 13.2 Å². The molecule has 18 heavy (non-hydrogen) atoms. The van der Waals surface area contributed by atoms with E-state index in [9.17, 15) is 14.7 Å². The maximum absolute atomic E-state index is 12.0. The highest BCUT2D eigenvalue weighted by atomic mass is 35.6. The van der Waals surface area contributed by atoms with Crippen LogP contribution in [0.25, 0.3) is 0 Å². The minimum Gasteiger partial charge on any atom is -0.287 e. The minimum atomic E-state index is -3.99. The molecule has 0 aromatic heterocycles. The van der Waals surface area contributed by atoms with Gasteiger partial charge in [-0.2, -0.15) is 0 Å². The first kappa shape index (κ1) is 18.4. The highest BCUT2D eigenvalue weighted by Gasteiger charge is 2.44. The first-order valence-electron chi connectivity index (χ1n) is 4.90. The van der Waals surface area contributed by atoms with Gasteiger partial charge in [0.15, 0.2) is 6.10 Å². The molecule has 7 nitrogen and oxygen atoms in total. The monoisotopic (exact) mass is 343 g/mol. The third-order valence-corrected chi connectivity index (χ3v) is 3.90. The molecule has 0 rings (SSSR count). The molecule has 0 saturated heterocycles. The van der Waals surface area contributed by atoms with E-state index in [1.54, 1.807) is 13.8 Å². The lowest BCUT2D eigenvalue weighted by atomic mass is 10.4. The summed E-state index contributed by atoms with van der Waals surface area (Å²) in [6, 6.07) is 0. The molecular formula is C7H13Cl3NO6P. The zero-order valence-corrected chi connectivity index (χ0v) is 12.8. The Bertz CT molecular complexity index is 313.